The molecule has 48 heavy (non-hydrogen) atoms. The van der Waals surface area contributed by atoms with Crippen LogP contribution in [0.5, 0.6) is 5.75 Å². The quantitative estimate of drug-likeness (QED) is 0.144. The van der Waals surface area contributed by atoms with Crippen molar-refractivity contribution < 1.29 is 28.8 Å². The number of hydrogen-bond donors (Lipinski definition) is 1. The van der Waals surface area contributed by atoms with Crippen molar-refractivity contribution in [2.24, 2.45) is 0 Å². The summed E-state index contributed by atoms with van der Waals surface area (Å²) < 4.78 is 25.2. The zero-order valence-electron chi connectivity index (χ0n) is 28.8. The van der Waals surface area contributed by atoms with Gasteiger partial charge in [0.1, 0.15) is 12.4 Å². The first-order valence-corrected chi connectivity index (χ1v) is 17.3. The maximum absolute atomic E-state index is 11.4. The van der Waals surface area contributed by atoms with Gasteiger partial charge in [0.15, 0.2) is 5.78 Å². The van der Waals surface area contributed by atoms with E-state index in [4.69, 9.17) is 30.5 Å². The minimum atomic E-state index is -0.315. The molecule has 4 atom stereocenters. The Balaban J connectivity index is 0.00000255. The molecule has 0 amide bonds. The van der Waals surface area contributed by atoms with E-state index in [-0.39, 0.29) is 43.4 Å². The maximum Gasteiger partial charge on any atom is 0.167 e. The molecule has 4 unspecified atom stereocenters. The van der Waals surface area contributed by atoms with Gasteiger partial charge in [0.05, 0.1) is 44.2 Å². The second-order valence-corrected chi connectivity index (χ2v) is 12.5. The molecule has 0 aliphatic carbocycles. The molecule has 0 aromatic heterocycles. The zero-order valence-corrected chi connectivity index (χ0v) is 29.5. The molecule has 1 aliphatic rings. The normalized spacial score (nSPS) is 18.0. The molecule has 1 saturated heterocycles. The lowest BCUT2D eigenvalue weighted by molar-refractivity contribution is -0.165. The van der Waals surface area contributed by atoms with Crippen molar-refractivity contribution in [3.8, 4) is 5.75 Å². The Morgan fingerprint density at radius 2 is 1.56 bits per heavy atom. The van der Waals surface area contributed by atoms with E-state index in [1.54, 1.807) is 0 Å². The molecule has 0 saturated carbocycles. The highest BCUT2D eigenvalue weighted by atomic mass is 35.5. The van der Waals surface area contributed by atoms with Gasteiger partial charge in [0.2, 0.25) is 0 Å². The highest BCUT2D eigenvalue weighted by Gasteiger charge is 2.35. The van der Waals surface area contributed by atoms with Gasteiger partial charge < -0.3 is 24.1 Å². The molecule has 1 aliphatic heterocycles. The molecule has 1 fully saturated rings. The third kappa shape index (κ3) is 10.7. The summed E-state index contributed by atoms with van der Waals surface area (Å²) in [6.07, 6.45) is 1.16. The van der Waals surface area contributed by atoms with Crippen LogP contribution in [0.25, 0.3) is 0 Å². The molecule has 6 nitrogen and oxygen atoms in total. The van der Waals surface area contributed by atoms with Gasteiger partial charge in [-0.2, -0.15) is 0 Å². The van der Waals surface area contributed by atoms with Crippen LogP contribution in [0.4, 0.5) is 0 Å². The van der Waals surface area contributed by atoms with Crippen molar-refractivity contribution in [1.82, 2.24) is 0 Å². The highest BCUT2D eigenvalue weighted by molar-refractivity contribution is 6.31. The molecule has 7 heteroatoms. The first kappa shape index (κ1) is 37.3. The highest BCUT2D eigenvalue weighted by Crippen LogP contribution is 2.39. The Labute approximate surface area is 291 Å². The molecule has 256 valence electrons. The molecule has 4 aromatic carbocycles. The lowest BCUT2D eigenvalue weighted by Crippen LogP contribution is -2.40. The summed E-state index contributed by atoms with van der Waals surface area (Å²) in [5, 5.41) is 11.0. The number of benzene rings is 4. The number of aliphatic hydroxyl groups excluding tert-OH is 1. The Morgan fingerprint density at radius 1 is 0.896 bits per heavy atom. The fourth-order valence-corrected chi connectivity index (χ4v) is 6.14. The first-order chi connectivity index (χ1) is 23.3. The van der Waals surface area contributed by atoms with E-state index >= 15 is 0 Å². The summed E-state index contributed by atoms with van der Waals surface area (Å²) in [6.45, 7) is 10.4. The van der Waals surface area contributed by atoms with Crippen molar-refractivity contribution in [1.29, 1.82) is 0 Å². The number of halogens is 1. The Bertz CT molecular complexity index is 1580. The van der Waals surface area contributed by atoms with Gasteiger partial charge in [0.25, 0.3) is 0 Å². The Morgan fingerprint density at radius 3 is 2.19 bits per heavy atom. The lowest BCUT2D eigenvalue weighted by atomic mass is 9.89. The van der Waals surface area contributed by atoms with Crippen LogP contribution < -0.4 is 4.74 Å². The number of ether oxygens (including phenoxy) is 4. The van der Waals surface area contributed by atoms with E-state index in [1.165, 1.54) is 6.92 Å². The topological polar surface area (TPSA) is 74.2 Å². The molecule has 1 N–H and O–H groups in total. The predicted octanol–water partition coefficient (Wildman–Crippen LogP) is 9.14. The molecule has 0 spiro atoms. The van der Waals surface area contributed by atoms with E-state index in [2.05, 4.69) is 43.3 Å². The largest absolute Gasteiger partial charge is 0.486 e. The van der Waals surface area contributed by atoms with Crippen LogP contribution in [0.1, 0.15) is 85.6 Å². The molecular formula is C41H49ClO6. The number of hydrogen-bond acceptors (Lipinski definition) is 6. The van der Waals surface area contributed by atoms with Crippen LogP contribution >= 0.6 is 11.6 Å². The molecular weight excluding hydrogens is 624 g/mol. The van der Waals surface area contributed by atoms with E-state index in [1.807, 2.05) is 75.4 Å². The fraction of sp³-hybridized carbons (Fsp3) is 0.390. The number of Topliss-reactive ketones (excluding diaryl/α,β-unsaturated/α-hetero) is 1. The second-order valence-electron chi connectivity index (χ2n) is 12.1. The van der Waals surface area contributed by atoms with Gasteiger partial charge in [-0.1, -0.05) is 104 Å². The number of aliphatic hydroxyl groups is 1. The average molecular weight is 673 g/mol. The zero-order chi connectivity index (χ0) is 34.5. The smallest absolute Gasteiger partial charge is 0.167 e. The van der Waals surface area contributed by atoms with E-state index < -0.39 is 0 Å². The van der Waals surface area contributed by atoms with Gasteiger partial charge in [-0.15, -0.1) is 0 Å². The van der Waals surface area contributed by atoms with Crippen molar-refractivity contribution in [2.75, 3.05) is 6.61 Å². The third-order valence-corrected chi connectivity index (χ3v) is 8.76. The van der Waals surface area contributed by atoms with E-state index in [9.17, 15) is 9.90 Å². The van der Waals surface area contributed by atoms with Crippen molar-refractivity contribution in [3.05, 3.63) is 135 Å². The monoisotopic (exact) mass is 672 g/mol. The van der Waals surface area contributed by atoms with Gasteiger partial charge in [-0.05, 0) is 78.3 Å². The molecule has 0 bridgehead atoms. The van der Waals surface area contributed by atoms with Crippen LogP contribution in [0, 0.1) is 6.92 Å². The van der Waals surface area contributed by atoms with Crippen LogP contribution in [-0.4, -0.2) is 35.8 Å². The first-order valence-electron chi connectivity index (χ1n) is 16.9. The third-order valence-electron chi connectivity index (χ3n) is 8.41. The SMILES string of the molecule is CC.CC(=O)COc1ccc(Cc2cc(C3CC(OCc4ccccc4)CC(C(C)OCc4ccccc4)O3)c(CO)cc2Cl)cc1C. The molecule has 1 heterocycles. The minimum absolute atomic E-state index is 0.0243. The summed E-state index contributed by atoms with van der Waals surface area (Å²) in [4.78, 5) is 11.4. The number of aryl methyl sites for hydroxylation is 1. The van der Waals surface area contributed by atoms with Gasteiger partial charge in [-0.3, -0.25) is 4.79 Å². The van der Waals surface area contributed by atoms with Gasteiger partial charge >= 0.3 is 0 Å². The lowest BCUT2D eigenvalue weighted by Gasteiger charge is -2.39. The number of carbonyl (C=O) groups is 1. The van der Waals surface area contributed by atoms with Crippen molar-refractivity contribution >= 4 is 17.4 Å². The Hall–Kier alpha value is -3.52. The van der Waals surface area contributed by atoms with Crippen molar-refractivity contribution in [3.63, 3.8) is 0 Å². The summed E-state index contributed by atoms with van der Waals surface area (Å²) in [7, 11) is 0. The molecule has 5 rings (SSSR count). The van der Waals surface area contributed by atoms with Gasteiger partial charge in [-0.25, -0.2) is 0 Å². The van der Waals surface area contributed by atoms with Crippen LogP contribution in [-0.2, 0) is 45.2 Å². The van der Waals surface area contributed by atoms with E-state index in [0.29, 0.717) is 43.2 Å². The number of rotatable bonds is 14. The fourth-order valence-electron chi connectivity index (χ4n) is 5.89. The molecule has 0 radical (unpaired) electrons. The Kier molecular flexibility index (Phi) is 14.7. The van der Waals surface area contributed by atoms with Crippen LogP contribution in [0.15, 0.2) is 91.0 Å². The van der Waals surface area contributed by atoms with Crippen molar-refractivity contribution in [2.45, 2.75) is 98.1 Å². The van der Waals surface area contributed by atoms with E-state index in [0.717, 1.165) is 38.9 Å². The summed E-state index contributed by atoms with van der Waals surface area (Å²) in [5.41, 5.74) is 6.82. The standard InChI is InChI=1S/C39H43ClO6.C2H6/c1-26-16-31(14-15-37(26)45-23-27(2)42)17-32-18-35(33(22-41)19-36(32)40)39-21-34(44-25-30-12-8-5-9-13-30)20-38(46-39)28(3)43-24-29-10-6-4-7-11-29;1-2/h4-16,18-19,28,34,38-39,41H,17,20-25H2,1-3H3;1-2H3. The number of carbonyl (C=O) groups excluding carboxylic acids is 1. The predicted molar refractivity (Wildman–Crippen MR) is 191 cm³/mol. The summed E-state index contributed by atoms with van der Waals surface area (Å²) in [6, 6.07) is 30.2. The van der Waals surface area contributed by atoms with Gasteiger partial charge in [0, 0.05) is 17.9 Å². The maximum atomic E-state index is 11.4. The van der Waals surface area contributed by atoms with Crippen LogP contribution in [0.2, 0.25) is 5.02 Å². The van der Waals surface area contributed by atoms with Crippen LogP contribution in [0.3, 0.4) is 0 Å². The molecule has 4 aromatic rings. The number of ketones is 1. The summed E-state index contributed by atoms with van der Waals surface area (Å²) in [5.74, 6) is 0.664. The second kappa shape index (κ2) is 18.9. The average Bonchev–Trinajstić information content (AvgIpc) is 3.11. The summed E-state index contributed by atoms with van der Waals surface area (Å²) >= 11 is 6.79. The minimum Gasteiger partial charge on any atom is -0.486 e.